The summed E-state index contributed by atoms with van der Waals surface area (Å²) >= 11 is 0. The lowest BCUT2D eigenvalue weighted by Gasteiger charge is -2.29. The summed E-state index contributed by atoms with van der Waals surface area (Å²) < 4.78 is 51.3. The molecule has 6 rings (SSSR count). The van der Waals surface area contributed by atoms with E-state index < -0.39 is 20.1 Å². The Kier molecular flexibility index (Phi) is 4.56. The molecule has 0 aliphatic carbocycles. The zero-order valence-electron chi connectivity index (χ0n) is 17.1. The fourth-order valence-corrected chi connectivity index (χ4v) is 5.76. The number of benzene rings is 5. The van der Waals surface area contributed by atoms with E-state index in [1.165, 1.54) is 12.1 Å². The molecule has 0 saturated carbocycles. The number of hydrogen-bond acceptors (Lipinski definition) is 2. The Hall–Kier alpha value is -3.56. The predicted octanol–water partition coefficient (Wildman–Crippen LogP) is 8.09. The first-order valence-electron chi connectivity index (χ1n) is 10.4. The smallest absolute Gasteiger partial charge is 0.416 e. The second-order valence-corrected chi connectivity index (χ2v) is 9.16. The lowest BCUT2D eigenvalue weighted by atomic mass is 9.93. The van der Waals surface area contributed by atoms with Crippen LogP contribution in [0.25, 0.3) is 32.7 Å². The zero-order chi connectivity index (χ0) is 22.6. The van der Waals surface area contributed by atoms with Gasteiger partial charge >= 0.3 is 14.6 Å². The van der Waals surface area contributed by atoms with Gasteiger partial charge in [-0.3, -0.25) is 0 Å². The maximum atomic E-state index is 13.0. The monoisotopic (exact) mass is 460 g/mol. The molecule has 0 bridgehead atoms. The number of halogens is 3. The van der Waals surface area contributed by atoms with Crippen molar-refractivity contribution < 1.29 is 22.2 Å². The van der Waals surface area contributed by atoms with Crippen molar-refractivity contribution in [3.05, 3.63) is 103 Å². The summed E-state index contributed by atoms with van der Waals surface area (Å²) in [4.78, 5) is 0. The summed E-state index contributed by atoms with van der Waals surface area (Å²) in [6.07, 6.45) is -4.39. The van der Waals surface area contributed by atoms with Gasteiger partial charge in [-0.05, 0) is 57.9 Å². The van der Waals surface area contributed by atoms with E-state index in [1.54, 1.807) is 0 Å². The molecule has 0 spiro atoms. The van der Waals surface area contributed by atoms with Gasteiger partial charge in [-0.1, -0.05) is 60.7 Å². The lowest BCUT2D eigenvalue weighted by Crippen LogP contribution is -2.18. The molecule has 162 valence electrons. The van der Waals surface area contributed by atoms with Crippen LogP contribution in [0.15, 0.2) is 97.1 Å². The van der Waals surface area contributed by atoms with Crippen LogP contribution in [0.5, 0.6) is 11.5 Å². The molecule has 1 atom stereocenters. The van der Waals surface area contributed by atoms with Gasteiger partial charge in [-0.15, -0.1) is 0 Å². The summed E-state index contributed by atoms with van der Waals surface area (Å²) in [6.45, 7) is 0. The first-order valence-corrected chi connectivity index (χ1v) is 11.5. The Labute approximate surface area is 189 Å². The van der Waals surface area contributed by atoms with Gasteiger partial charge in [-0.2, -0.15) is 13.2 Å². The van der Waals surface area contributed by atoms with E-state index in [0.717, 1.165) is 50.1 Å². The van der Waals surface area contributed by atoms with Crippen molar-refractivity contribution in [2.45, 2.75) is 6.18 Å². The Balaban J connectivity index is 1.52. The largest absolute Gasteiger partial charge is 0.435 e. The third kappa shape index (κ3) is 3.40. The molecule has 1 aliphatic rings. The third-order valence-corrected chi connectivity index (χ3v) is 7.30. The maximum Gasteiger partial charge on any atom is 0.416 e. The van der Waals surface area contributed by atoms with Crippen LogP contribution in [0, 0.1) is 0 Å². The standard InChI is InChI=1S/C27H16F3O2P/c28-27(29,30)19-11-13-20(14-12-19)31-33-24-16-10-18-6-2-4-8-22(18)26(24)25-21-7-3-1-5-17(21)9-15-23(25)32-33/h1-16H. The van der Waals surface area contributed by atoms with Gasteiger partial charge in [0.1, 0.15) is 11.5 Å². The van der Waals surface area contributed by atoms with Crippen molar-refractivity contribution in [2.24, 2.45) is 0 Å². The highest BCUT2D eigenvalue weighted by Gasteiger charge is 2.33. The molecule has 1 unspecified atom stereocenters. The van der Waals surface area contributed by atoms with Gasteiger partial charge in [0.25, 0.3) is 0 Å². The first kappa shape index (κ1) is 20.1. The molecular formula is C27H16F3O2P. The van der Waals surface area contributed by atoms with Crippen molar-refractivity contribution >= 4 is 35.2 Å². The molecule has 6 heteroatoms. The highest BCUT2D eigenvalue weighted by atomic mass is 31.2. The fourth-order valence-electron chi connectivity index (χ4n) is 4.27. The first-order chi connectivity index (χ1) is 16.0. The third-order valence-electron chi connectivity index (χ3n) is 5.80. The van der Waals surface area contributed by atoms with Gasteiger partial charge in [0.2, 0.25) is 0 Å². The predicted molar refractivity (Wildman–Crippen MR) is 126 cm³/mol. The SMILES string of the molecule is FC(F)(F)c1ccc(OP2Oc3ccc4ccccc4c3-c3c2ccc2ccccc32)cc1. The average molecular weight is 460 g/mol. The summed E-state index contributed by atoms with van der Waals surface area (Å²) in [5.74, 6) is 1.04. The lowest BCUT2D eigenvalue weighted by molar-refractivity contribution is -0.137. The van der Waals surface area contributed by atoms with Gasteiger partial charge < -0.3 is 9.05 Å². The van der Waals surface area contributed by atoms with Crippen LogP contribution in [0.2, 0.25) is 0 Å². The average Bonchev–Trinajstić information content (AvgIpc) is 2.83. The number of alkyl halides is 3. The van der Waals surface area contributed by atoms with Crippen molar-refractivity contribution in [3.8, 4) is 22.6 Å². The van der Waals surface area contributed by atoms with Crippen molar-refractivity contribution in [2.75, 3.05) is 0 Å². The molecular weight excluding hydrogens is 444 g/mol. The van der Waals surface area contributed by atoms with Crippen LogP contribution in [0.1, 0.15) is 5.56 Å². The van der Waals surface area contributed by atoms with Crippen LogP contribution in [-0.2, 0) is 6.18 Å². The molecule has 5 aromatic carbocycles. The van der Waals surface area contributed by atoms with Crippen molar-refractivity contribution in [3.63, 3.8) is 0 Å². The molecule has 0 saturated heterocycles. The van der Waals surface area contributed by atoms with Crippen LogP contribution in [0.4, 0.5) is 13.2 Å². The van der Waals surface area contributed by atoms with E-state index in [-0.39, 0.29) is 0 Å². The molecule has 0 aromatic heterocycles. The fraction of sp³-hybridized carbons (Fsp3) is 0.0370. The number of hydrogen-bond donors (Lipinski definition) is 0. The Morgan fingerprint density at radius 1 is 0.636 bits per heavy atom. The molecule has 33 heavy (non-hydrogen) atoms. The van der Waals surface area contributed by atoms with E-state index in [0.29, 0.717) is 11.5 Å². The highest BCUT2D eigenvalue weighted by Crippen LogP contribution is 2.53. The van der Waals surface area contributed by atoms with Gasteiger partial charge in [0.05, 0.1) is 10.9 Å². The Morgan fingerprint density at radius 2 is 1.24 bits per heavy atom. The summed E-state index contributed by atoms with van der Waals surface area (Å²) in [6, 6.07) is 29.0. The molecule has 1 heterocycles. The topological polar surface area (TPSA) is 18.5 Å². The Morgan fingerprint density at radius 3 is 1.91 bits per heavy atom. The minimum atomic E-state index is -4.39. The second kappa shape index (κ2) is 7.50. The quantitative estimate of drug-likeness (QED) is 0.248. The summed E-state index contributed by atoms with van der Waals surface area (Å²) in [5.41, 5.74) is 1.34. The van der Waals surface area contributed by atoms with Crippen LogP contribution < -0.4 is 14.4 Å². The molecule has 2 nitrogen and oxygen atoms in total. The van der Waals surface area contributed by atoms with E-state index in [2.05, 4.69) is 24.3 Å². The van der Waals surface area contributed by atoms with Crippen molar-refractivity contribution in [1.82, 2.24) is 0 Å². The normalized spacial score (nSPS) is 15.1. The van der Waals surface area contributed by atoms with Crippen LogP contribution in [0.3, 0.4) is 0 Å². The van der Waals surface area contributed by atoms with E-state index in [9.17, 15) is 13.2 Å². The van der Waals surface area contributed by atoms with E-state index in [4.69, 9.17) is 9.05 Å². The van der Waals surface area contributed by atoms with Crippen LogP contribution >= 0.6 is 8.38 Å². The summed E-state index contributed by atoms with van der Waals surface area (Å²) in [5, 5.41) is 5.26. The second-order valence-electron chi connectivity index (χ2n) is 7.80. The zero-order valence-corrected chi connectivity index (χ0v) is 18.0. The van der Waals surface area contributed by atoms with Crippen molar-refractivity contribution in [1.29, 1.82) is 0 Å². The number of fused-ring (bicyclic) bond motifs is 7. The molecule has 1 aliphatic heterocycles. The number of rotatable bonds is 2. The van der Waals surface area contributed by atoms with E-state index in [1.807, 2.05) is 48.5 Å². The van der Waals surface area contributed by atoms with E-state index >= 15 is 0 Å². The minimum absolute atomic E-state index is 0.331. The summed E-state index contributed by atoms with van der Waals surface area (Å²) in [7, 11) is -1.60. The Bertz CT molecular complexity index is 1510. The van der Waals surface area contributed by atoms with Gasteiger partial charge in [0, 0.05) is 11.1 Å². The molecule has 0 N–H and O–H groups in total. The molecule has 5 aromatic rings. The van der Waals surface area contributed by atoms with Gasteiger partial charge in [0.15, 0.2) is 0 Å². The highest BCUT2D eigenvalue weighted by molar-refractivity contribution is 7.57. The molecule has 0 radical (unpaired) electrons. The van der Waals surface area contributed by atoms with Gasteiger partial charge in [-0.25, -0.2) is 0 Å². The van der Waals surface area contributed by atoms with Crippen LogP contribution in [-0.4, -0.2) is 0 Å². The minimum Gasteiger partial charge on any atom is -0.435 e. The maximum absolute atomic E-state index is 13.0. The molecule has 0 amide bonds. The molecule has 0 fully saturated rings.